The SMILES string of the molecule is O=C(CCS(=O)(=O)CCC(=O)OO)OO. The fraction of sp³-hybridized carbons (Fsp3) is 0.667. The van der Waals surface area contributed by atoms with E-state index in [0.717, 1.165) is 0 Å². The molecule has 0 saturated heterocycles. The van der Waals surface area contributed by atoms with Gasteiger partial charge in [0.1, 0.15) is 0 Å². The third-order valence-electron chi connectivity index (χ3n) is 1.44. The fourth-order valence-corrected chi connectivity index (χ4v) is 1.83. The molecule has 15 heavy (non-hydrogen) atoms. The topological polar surface area (TPSA) is 127 Å². The van der Waals surface area contributed by atoms with Crippen molar-refractivity contribution in [3.8, 4) is 0 Å². The van der Waals surface area contributed by atoms with E-state index in [9.17, 15) is 18.0 Å². The van der Waals surface area contributed by atoms with Crippen LogP contribution in [0.15, 0.2) is 0 Å². The monoisotopic (exact) mass is 242 g/mol. The van der Waals surface area contributed by atoms with E-state index < -0.39 is 46.1 Å². The van der Waals surface area contributed by atoms with Crippen molar-refractivity contribution in [1.29, 1.82) is 0 Å². The molecule has 0 bridgehead atoms. The van der Waals surface area contributed by atoms with Gasteiger partial charge in [0, 0.05) is 0 Å². The van der Waals surface area contributed by atoms with Crippen LogP contribution in [0.1, 0.15) is 12.8 Å². The average Bonchev–Trinajstić information content (AvgIpc) is 2.22. The van der Waals surface area contributed by atoms with Gasteiger partial charge in [0.2, 0.25) is 0 Å². The second-order valence-electron chi connectivity index (χ2n) is 2.58. The van der Waals surface area contributed by atoms with E-state index in [1.54, 1.807) is 0 Å². The quantitative estimate of drug-likeness (QED) is 0.458. The molecule has 0 amide bonds. The molecule has 0 unspecified atom stereocenters. The Balaban J connectivity index is 3.98. The van der Waals surface area contributed by atoms with Crippen molar-refractivity contribution in [3.05, 3.63) is 0 Å². The van der Waals surface area contributed by atoms with Crippen molar-refractivity contribution < 1.29 is 38.3 Å². The summed E-state index contributed by atoms with van der Waals surface area (Å²) in [5.41, 5.74) is 0. The second-order valence-corrected chi connectivity index (χ2v) is 4.88. The van der Waals surface area contributed by atoms with Crippen molar-refractivity contribution in [2.24, 2.45) is 0 Å². The van der Waals surface area contributed by atoms with Gasteiger partial charge in [-0.25, -0.2) is 18.0 Å². The summed E-state index contributed by atoms with van der Waals surface area (Å²) in [6.07, 6.45) is -1.01. The molecule has 0 aliphatic carbocycles. The first kappa shape index (κ1) is 13.8. The Hall–Kier alpha value is -1.19. The van der Waals surface area contributed by atoms with Gasteiger partial charge in [-0.15, -0.1) is 0 Å². The Kier molecular flexibility index (Phi) is 5.82. The van der Waals surface area contributed by atoms with Crippen molar-refractivity contribution in [2.75, 3.05) is 11.5 Å². The highest BCUT2D eigenvalue weighted by Gasteiger charge is 2.16. The molecule has 0 spiro atoms. The van der Waals surface area contributed by atoms with Gasteiger partial charge in [0.15, 0.2) is 9.84 Å². The maximum atomic E-state index is 11.1. The van der Waals surface area contributed by atoms with Crippen LogP contribution in [-0.4, -0.2) is 42.4 Å². The molecule has 0 atom stereocenters. The summed E-state index contributed by atoms with van der Waals surface area (Å²) in [7, 11) is -3.62. The van der Waals surface area contributed by atoms with E-state index in [1.165, 1.54) is 0 Å². The zero-order chi connectivity index (χ0) is 11.9. The lowest BCUT2D eigenvalue weighted by Crippen LogP contribution is -2.18. The van der Waals surface area contributed by atoms with Gasteiger partial charge in [-0.2, -0.15) is 10.5 Å². The molecule has 0 fully saturated rings. The highest BCUT2D eigenvalue weighted by Crippen LogP contribution is 1.99. The smallest absolute Gasteiger partial charge is 0.301 e. The summed E-state index contributed by atoms with van der Waals surface area (Å²) in [6, 6.07) is 0. The summed E-state index contributed by atoms with van der Waals surface area (Å²) in [5.74, 6) is -3.26. The van der Waals surface area contributed by atoms with Gasteiger partial charge in [0.25, 0.3) is 0 Å². The molecule has 9 heteroatoms. The molecule has 2 N–H and O–H groups in total. The van der Waals surface area contributed by atoms with Crippen LogP contribution >= 0.6 is 0 Å². The van der Waals surface area contributed by atoms with E-state index in [2.05, 4.69) is 9.78 Å². The largest absolute Gasteiger partial charge is 0.343 e. The number of carbonyl (C=O) groups is 2. The first-order chi connectivity index (χ1) is 6.91. The third kappa shape index (κ3) is 6.82. The standard InChI is InChI=1S/C6H10O8S/c7-5(13-9)1-3-15(11,12)4-2-6(8)14-10/h9-10H,1-4H2. The highest BCUT2D eigenvalue weighted by molar-refractivity contribution is 7.91. The van der Waals surface area contributed by atoms with Crippen LogP contribution in [0.2, 0.25) is 0 Å². The molecule has 8 nitrogen and oxygen atoms in total. The Bertz CT molecular complexity index is 292. The van der Waals surface area contributed by atoms with Gasteiger partial charge in [0.05, 0.1) is 24.3 Å². The summed E-state index contributed by atoms with van der Waals surface area (Å²) in [4.78, 5) is 27.3. The van der Waals surface area contributed by atoms with Crippen molar-refractivity contribution in [3.63, 3.8) is 0 Å². The molecule has 0 aliphatic heterocycles. The number of sulfone groups is 1. The van der Waals surface area contributed by atoms with Gasteiger partial charge >= 0.3 is 11.9 Å². The number of hydrogen-bond donors (Lipinski definition) is 2. The number of rotatable bonds is 6. The van der Waals surface area contributed by atoms with Gasteiger partial charge in [-0.05, 0) is 0 Å². The third-order valence-corrected chi connectivity index (χ3v) is 3.09. The van der Waals surface area contributed by atoms with Crippen molar-refractivity contribution in [1.82, 2.24) is 0 Å². The average molecular weight is 242 g/mol. The van der Waals surface area contributed by atoms with Crippen LogP contribution in [0.25, 0.3) is 0 Å². The summed E-state index contributed by atoms with van der Waals surface area (Å²) in [6.45, 7) is 0. The molecule has 0 heterocycles. The maximum Gasteiger partial charge on any atom is 0.343 e. The van der Waals surface area contributed by atoms with Crippen LogP contribution in [0.5, 0.6) is 0 Å². The fourth-order valence-electron chi connectivity index (χ4n) is 0.671. The van der Waals surface area contributed by atoms with E-state index >= 15 is 0 Å². The summed E-state index contributed by atoms with van der Waals surface area (Å²) in [5, 5.41) is 15.7. The van der Waals surface area contributed by atoms with Crippen LogP contribution < -0.4 is 0 Å². The zero-order valence-corrected chi connectivity index (χ0v) is 8.40. The Morgan fingerprint density at radius 2 is 1.27 bits per heavy atom. The molecule has 0 aromatic rings. The molecular formula is C6H10O8S. The van der Waals surface area contributed by atoms with Crippen molar-refractivity contribution in [2.45, 2.75) is 12.8 Å². The summed E-state index contributed by atoms with van der Waals surface area (Å²) >= 11 is 0. The lowest BCUT2D eigenvalue weighted by Gasteiger charge is -2.00. The van der Waals surface area contributed by atoms with E-state index in [1.807, 2.05) is 0 Å². The summed E-state index contributed by atoms with van der Waals surface area (Å²) < 4.78 is 22.2. The maximum absolute atomic E-state index is 11.1. The second kappa shape index (κ2) is 6.32. The van der Waals surface area contributed by atoms with Crippen LogP contribution in [0, 0.1) is 0 Å². The van der Waals surface area contributed by atoms with Crippen LogP contribution in [-0.2, 0) is 29.2 Å². The predicted molar refractivity (Wildman–Crippen MR) is 45.3 cm³/mol. The van der Waals surface area contributed by atoms with Gasteiger partial charge in [-0.3, -0.25) is 0 Å². The van der Waals surface area contributed by atoms with Crippen LogP contribution in [0.3, 0.4) is 0 Å². The number of hydrogen-bond acceptors (Lipinski definition) is 8. The normalized spacial score (nSPS) is 10.8. The minimum absolute atomic E-state index is 0.507. The Morgan fingerprint density at radius 3 is 1.53 bits per heavy atom. The molecule has 0 aromatic carbocycles. The highest BCUT2D eigenvalue weighted by atomic mass is 32.2. The zero-order valence-electron chi connectivity index (χ0n) is 7.58. The Labute approximate surface area is 85.2 Å². The van der Waals surface area contributed by atoms with E-state index in [4.69, 9.17) is 10.5 Å². The van der Waals surface area contributed by atoms with Gasteiger partial charge < -0.3 is 9.78 Å². The first-order valence-corrected chi connectivity index (χ1v) is 5.62. The molecule has 0 aromatic heterocycles. The Morgan fingerprint density at radius 1 is 0.933 bits per heavy atom. The van der Waals surface area contributed by atoms with E-state index in [-0.39, 0.29) is 0 Å². The van der Waals surface area contributed by atoms with E-state index in [0.29, 0.717) is 0 Å². The predicted octanol–water partition coefficient (Wildman–Crippen LogP) is -0.786. The van der Waals surface area contributed by atoms with Crippen molar-refractivity contribution >= 4 is 21.8 Å². The molecular weight excluding hydrogens is 232 g/mol. The number of carbonyl (C=O) groups excluding carboxylic acids is 2. The minimum atomic E-state index is -3.62. The van der Waals surface area contributed by atoms with Gasteiger partial charge in [-0.1, -0.05) is 0 Å². The minimum Gasteiger partial charge on any atom is -0.301 e. The molecule has 0 saturated carbocycles. The lowest BCUT2D eigenvalue weighted by atomic mass is 10.5. The lowest BCUT2D eigenvalue weighted by molar-refractivity contribution is -0.233. The first-order valence-electron chi connectivity index (χ1n) is 3.80. The molecule has 0 rings (SSSR count). The van der Waals surface area contributed by atoms with Crippen LogP contribution in [0.4, 0.5) is 0 Å². The molecule has 0 aliphatic rings. The molecule has 0 radical (unpaired) electrons. The molecule has 88 valence electrons.